The van der Waals surface area contributed by atoms with Crippen molar-refractivity contribution in [3.8, 4) is 5.75 Å². The number of carbonyl (C=O) groups excluding carboxylic acids is 1. The molecule has 0 fully saturated rings. The molecule has 1 amide bonds. The Morgan fingerprint density at radius 1 is 1.31 bits per heavy atom. The predicted octanol–water partition coefficient (Wildman–Crippen LogP) is 3.44. The highest BCUT2D eigenvalue weighted by atomic mass is 32.1. The number of amides is 1. The SMILES string of the molecule is CCOc1cccc(CNC(=O)CCn2cnc3sc4c(c3c2=O)CCCC4)c1. The first-order chi connectivity index (χ1) is 14.2. The van der Waals surface area contributed by atoms with E-state index in [2.05, 4.69) is 10.3 Å². The van der Waals surface area contributed by atoms with Gasteiger partial charge in [-0.3, -0.25) is 14.2 Å². The molecule has 0 saturated carbocycles. The molecular weight excluding hydrogens is 386 g/mol. The van der Waals surface area contributed by atoms with E-state index in [9.17, 15) is 9.59 Å². The molecule has 0 saturated heterocycles. The summed E-state index contributed by atoms with van der Waals surface area (Å²) >= 11 is 1.64. The molecule has 6 nitrogen and oxygen atoms in total. The van der Waals surface area contributed by atoms with Crippen molar-refractivity contribution >= 4 is 27.5 Å². The van der Waals surface area contributed by atoms with E-state index in [1.807, 2.05) is 31.2 Å². The molecule has 0 bridgehead atoms. The van der Waals surface area contributed by atoms with Crippen molar-refractivity contribution in [1.82, 2.24) is 14.9 Å². The fraction of sp³-hybridized carbons (Fsp3) is 0.409. The summed E-state index contributed by atoms with van der Waals surface area (Å²) in [6, 6.07) is 7.68. The van der Waals surface area contributed by atoms with E-state index >= 15 is 0 Å². The first-order valence-corrected chi connectivity index (χ1v) is 11.0. The van der Waals surface area contributed by atoms with E-state index in [-0.39, 0.29) is 17.9 Å². The molecule has 0 atom stereocenters. The lowest BCUT2D eigenvalue weighted by Gasteiger charge is -2.11. The minimum atomic E-state index is -0.0915. The van der Waals surface area contributed by atoms with Crippen LogP contribution in [0.15, 0.2) is 35.4 Å². The number of ether oxygens (including phenoxy) is 1. The van der Waals surface area contributed by atoms with Crippen molar-refractivity contribution in [1.29, 1.82) is 0 Å². The zero-order chi connectivity index (χ0) is 20.2. The molecule has 7 heteroatoms. The number of thiophene rings is 1. The number of nitrogens with one attached hydrogen (secondary N) is 1. The van der Waals surface area contributed by atoms with Gasteiger partial charge in [-0.15, -0.1) is 11.3 Å². The van der Waals surface area contributed by atoms with Gasteiger partial charge in [0.2, 0.25) is 5.91 Å². The topological polar surface area (TPSA) is 73.2 Å². The maximum Gasteiger partial charge on any atom is 0.262 e. The number of nitrogens with zero attached hydrogens (tertiary/aromatic N) is 2. The van der Waals surface area contributed by atoms with E-state index < -0.39 is 0 Å². The van der Waals surface area contributed by atoms with Gasteiger partial charge in [0.05, 0.1) is 18.3 Å². The van der Waals surface area contributed by atoms with Gasteiger partial charge in [-0.2, -0.15) is 0 Å². The van der Waals surface area contributed by atoms with Gasteiger partial charge in [-0.25, -0.2) is 4.98 Å². The van der Waals surface area contributed by atoms with Crippen molar-refractivity contribution in [3.05, 3.63) is 57.0 Å². The van der Waals surface area contributed by atoms with Crippen molar-refractivity contribution in [2.45, 2.75) is 52.1 Å². The number of aryl methyl sites for hydroxylation is 3. The number of hydrogen-bond acceptors (Lipinski definition) is 5. The summed E-state index contributed by atoms with van der Waals surface area (Å²) in [6.45, 7) is 3.31. The molecule has 0 spiro atoms. The second-order valence-corrected chi connectivity index (χ2v) is 8.32. The van der Waals surface area contributed by atoms with E-state index in [0.717, 1.165) is 40.8 Å². The summed E-state index contributed by atoms with van der Waals surface area (Å²) in [5.74, 6) is 0.704. The Morgan fingerprint density at radius 2 is 2.17 bits per heavy atom. The van der Waals surface area contributed by atoms with Gasteiger partial charge < -0.3 is 10.1 Å². The molecule has 29 heavy (non-hydrogen) atoms. The van der Waals surface area contributed by atoms with Crippen molar-refractivity contribution < 1.29 is 9.53 Å². The highest BCUT2D eigenvalue weighted by molar-refractivity contribution is 7.18. The van der Waals surface area contributed by atoms with Crippen LogP contribution in [0.25, 0.3) is 10.2 Å². The fourth-order valence-electron chi connectivity index (χ4n) is 3.76. The van der Waals surface area contributed by atoms with Crippen LogP contribution < -0.4 is 15.6 Å². The van der Waals surface area contributed by atoms with Gasteiger partial charge in [-0.05, 0) is 55.9 Å². The molecule has 152 valence electrons. The van der Waals surface area contributed by atoms with E-state index in [1.165, 1.54) is 16.9 Å². The largest absolute Gasteiger partial charge is 0.494 e. The van der Waals surface area contributed by atoms with Crippen LogP contribution in [-0.4, -0.2) is 22.1 Å². The smallest absolute Gasteiger partial charge is 0.262 e. The Hall–Kier alpha value is -2.67. The first kappa shape index (κ1) is 19.6. The molecule has 0 unspecified atom stereocenters. The second-order valence-electron chi connectivity index (χ2n) is 7.24. The first-order valence-electron chi connectivity index (χ1n) is 10.1. The lowest BCUT2D eigenvalue weighted by molar-refractivity contribution is -0.121. The van der Waals surface area contributed by atoms with Gasteiger partial charge in [0.15, 0.2) is 0 Å². The van der Waals surface area contributed by atoms with E-state index in [1.54, 1.807) is 22.2 Å². The molecule has 1 aromatic carbocycles. The number of fused-ring (bicyclic) bond motifs is 3. The minimum Gasteiger partial charge on any atom is -0.494 e. The number of aromatic nitrogens is 2. The average molecular weight is 412 g/mol. The van der Waals surface area contributed by atoms with Gasteiger partial charge in [0.1, 0.15) is 10.6 Å². The maximum absolute atomic E-state index is 12.9. The summed E-state index contributed by atoms with van der Waals surface area (Å²) < 4.78 is 7.05. The Kier molecular flexibility index (Phi) is 5.94. The highest BCUT2D eigenvalue weighted by Crippen LogP contribution is 2.33. The number of hydrogen-bond donors (Lipinski definition) is 1. The summed E-state index contributed by atoms with van der Waals surface area (Å²) in [5, 5.41) is 3.68. The Bertz CT molecular complexity index is 1090. The Balaban J connectivity index is 1.39. The monoisotopic (exact) mass is 411 g/mol. The van der Waals surface area contributed by atoms with Crippen LogP contribution in [0.1, 0.15) is 42.2 Å². The summed E-state index contributed by atoms with van der Waals surface area (Å²) in [7, 11) is 0. The van der Waals surface area contributed by atoms with Crippen LogP contribution in [0.4, 0.5) is 0 Å². The maximum atomic E-state index is 12.9. The normalized spacial score (nSPS) is 13.3. The van der Waals surface area contributed by atoms with E-state index in [0.29, 0.717) is 19.7 Å². The van der Waals surface area contributed by atoms with Crippen molar-refractivity contribution in [2.75, 3.05) is 6.61 Å². The zero-order valence-electron chi connectivity index (χ0n) is 16.6. The second kappa shape index (κ2) is 8.78. The molecule has 0 radical (unpaired) electrons. The highest BCUT2D eigenvalue weighted by Gasteiger charge is 2.20. The molecule has 2 aromatic heterocycles. The quantitative estimate of drug-likeness (QED) is 0.646. The standard InChI is InChI=1S/C22H25N3O3S/c1-2-28-16-7-5-6-15(12-16)13-23-19(26)10-11-25-14-24-21-20(22(25)27)17-8-3-4-9-18(17)29-21/h5-7,12,14H,2-4,8-11,13H2,1H3,(H,23,26). The lowest BCUT2D eigenvalue weighted by atomic mass is 9.97. The molecular formula is C22H25N3O3S. The third-order valence-corrected chi connectivity index (χ3v) is 6.42. The van der Waals surface area contributed by atoms with Gasteiger partial charge >= 0.3 is 0 Å². The summed E-state index contributed by atoms with van der Waals surface area (Å²) in [5.41, 5.74) is 2.14. The molecule has 1 aliphatic carbocycles. The Morgan fingerprint density at radius 3 is 3.03 bits per heavy atom. The van der Waals surface area contributed by atoms with Crippen LogP contribution in [0.3, 0.4) is 0 Å². The van der Waals surface area contributed by atoms with Gasteiger partial charge in [-0.1, -0.05) is 12.1 Å². The molecule has 4 rings (SSSR count). The molecule has 3 aromatic rings. The molecule has 1 N–H and O–H groups in total. The number of benzene rings is 1. The van der Waals surface area contributed by atoms with E-state index in [4.69, 9.17) is 4.74 Å². The average Bonchev–Trinajstić information content (AvgIpc) is 3.12. The fourth-order valence-corrected chi connectivity index (χ4v) is 4.98. The minimum absolute atomic E-state index is 0.0217. The van der Waals surface area contributed by atoms with Crippen molar-refractivity contribution in [2.24, 2.45) is 0 Å². The third kappa shape index (κ3) is 4.34. The van der Waals surface area contributed by atoms with Crippen LogP contribution in [0.2, 0.25) is 0 Å². The molecule has 2 heterocycles. The Labute approximate surface area is 173 Å². The van der Waals surface area contributed by atoms with Gasteiger partial charge in [0, 0.05) is 24.4 Å². The third-order valence-electron chi connectivity index (χ3n) is 5.22. The zero-order valence-corrected chi connectivity index (χ0v) is 17.4. The van der Waals surface area contributed by atoms with Crippen LogP contribution in [0, 0.1) is 0 Å². The van der Waals surface area contributed by atoms with Crippen LogP contribution in [-0.2, 0) is 30.7 Å². The van der Waals surface area contributed by atoms with Crippen molar-refractivity contribution in [3.63, 3.8) is 0 Å². The number of carbonyl (C=O) groups is 1. The predicted molar refractivity (Wildman–Crippen MR) is 115 cm³/mol. The van der Waals surface area contributed by atoms with Gasteiger partial charge in [0.25, 0.3) is 5.56 Å². The summed E-state index contributed by atoms with van der Waals surface area (Å²) in [4.78, 5) is 31.8. The molecule has 0 aliphatic heterocycles. The lowest BCUT2D eigenvalue weighted by Crippen LogP contribution is -2.27. The van der Waals surface area contributed by atoms with Crippen LogP contribution >= 0.6 is 11.3 Å². The number of rotatable bonds is 7. The summed E-state index contributed by atoms with van der Waals surface area (Å²) in [6.07, 6.45) is 6.12. The molecule has 1 aliphatic rings. The van der Waals surface area contributed by atoms with Crippen LogP contribution in [0.5, 0.6) is 5.75 Å².